The number of carboxylic acid groups (broad SMARTS) is 1. The lowest BCUT2D eigenvalue weighted by Gasteiger charge is -2.33. The molecule has 0 aliphatic carbocycles. The molecule has 2 rings (SSSR count). The van der Waals surface area contributed by atoms with Crippen molar-refractivity contribution >= 4 is 23.2 Å². The zero-order chi connectivity index (χ0) is 15.4. The number of aryl methyl sites for hydroxylation is 1. The number of hydrogen-bond acceptors (Lipinski definition) is 5. The van der Waals surface area contributed by atoms with Crippen LogP contribution in [-0.4, -0.2) is 57.9 Å². The molecular weight excluding hydrogens is 290 g/mol. The van der Waals surface area contributed by atoms with Crippen LogP contribution in [0.4, 0.5) is 0 Å². The lowest BCUT2D eigenvalue weighted by Crippen LogP contribution is -2.47. The van der Waals surface area contributed by atoms with E-state index in [1.54, 1.807) is 6.92 Å². The molecule has 1 saturated heterocycles. The van der Waals surface area contributed by atoms with Crippen molar-refractivity contribution in [3.05, 3.63) is 15.6 Å². The van der Waals surface area contributed by atoms with Crippen molar-refractivity contribution in [2.75, 3.05) is 26.2 Å². The number of piperazine rings is 1. The Labute approximate surface area is 128 Å². The Morgan fingerprint density at radius 3 is 2.48 bits per heavy atom. The van der Waals surface area contributed by atoms with Crippen LogP contribution >= 0.6 is 11.3 Å². The van der Waals surface area contributed by atoms with Gasteiger partial charge in [-0.2, -0.15) is 0 Å². The molecule has 7 heteroatoms. The van der Waals surface area contributed by atoms with Gasteiger partial charge in [-0.1, -0.05) is 13.3 Å². The summed E-state index contributed by atoms with van der Waals surface area (Å²) in [7, 11) is 0. The fourth-order valence-electron chi connectivity index (χ4n) is 2.45. The number of rotatable bonds is 5. The van der Waals surface area contributed by atoms with Crippen LogP contribution in [0.2, 0.25) is 0 Å². The second-order valence-corrected chi connectivity index (χ2v) is 6.30. The number of aromatic nitrogens is 1. The van der Waals surface area contributed by atoms with Crippen LogP contribution < -0.4 is 0 Å². The Morgan fingerprint density at radius 2 is 1.95 bits per heavy atom. The summed E-state index contributed by atoms with van der Waals surface area (Å²) in [4.78, 5) is 31.4. The Morgan fingerprint density at radius 1 is 1.29 bits per heavy atom. The molecule has 0 spiro atoms. The highest BCUT2D eigenvalue weighted by Crippen LogP contribution is 2.22. The summed E-state index contributed by atoms with van der Waals surface area (Å²) in [6, 6.07) is 0. The van der Waals surface area contributed by atoms with Gasteiger partial charge in [0.25, 0.3) is 0 Å². The topological polar surface area (TPSA) is 73.7 Å². The third-order valence-electron chi connectivity index (χ3n) is 3.60. The molecule has 0 bridgehead atoms. The number of nitrogens with zero attached hydrogens (tertiary/aromatic N) is 3. The van der Waals surface area contributed by atoms with E-state index in [2.05, 4.69) is 9.88 Å². The third kappa shape index (κ3) is 4.01. The van der Waals surface area contributed by atoms with E-state index >= 15 is 0 Å². The Hall–Kier alpha value is -1.47. The quantitative estimate of drug-likeness (QED) is 0.891. The van der Waals surface area contributed by atoms with Crippen molar-refractivity contribution in [2.45, 2.75) is 33.2 Å². The van der Waals surface area contributed by atoms with Crippen LogP contribution in [0.1, 0.15) is 40.6 Å². The molecule has 116 valence electrons. The minimum Gasteiger partial charge on any atom is -0.477 e. The lowest BCUT2D eigenvalue weighted by atomic mass is 10.2. The molecule has 0 aromatic carbocycles. The van der Waals surface area contributed by atoms with Crippen LogP contribution in [0.3, 0.4) is 0 Å². The van der Waals surface area contributed by atoms with Gasteiger partial charge < -0.3 is 10.0 Å². The van der Waals surface area contributed by atoms with Gasteiger partial charge >= 0.3 is 5.97 Å². The number of carbonyl (C=O) groups excluding carboxylic acids is 1. The van der Waals surface area contributed by atoms with Crippen molar-refractivity contribution in [2.24, 2.45) is 0 Å². The molecule has 1 amide bonds. The first-order chi connectivity index (χ1) is 10.0. The normalized spacial score (nSPS) is 16.2. The van der Waals surface area contributed by atoms with Crippen LogP contribution in [0, 0.1) is 0 Å². The van der Waals surface area contributed by atoms with Gasteiger partial charge in [0.2, 0.25) is 5.91 Å². The SMILES string of the molecule is CCCc1nc(CN2CCN(C(C)=O)CC2)sc1C(=O)O. The maximum absolute atomic E-state index is 11.3. The fraction of sp³-hybridized carbons (Fsp3) is 0.643. The highest BCUT2D eigenvalue weighted by molar-refractivity contribution is 7.13. The van der Waals surface area contributed by atoms with Crippen LogP contribution in [0.5, 0.6) is 0 Å². The molecule has 2 heterocycles. The summed E-state index contributed by atoms with van der Waals surface area (Å²) in [6.45, 7) is 7.36. The van der Waals surface area contributed by atoms with Crippen LogP contribution in [-0.2, 0) is 17.8 Å². The van der Waals surface area contributed by atoms with Gasteiger partial charge in [-0.25, -0.2) is 9.78 Å². The number of thiazole rings is 1. The third-order valence-corrected chi connectivity index (χ3v) is 4.67. The van der Waals surface area contributed by atoms with Crippen molar-refractivity contribution in [1.82, 2.24) is 14.8 Å². The van der Waals surface area contributed by atoms with E-state index in [1.807, 2.05) is 11.8 Å². The summed E-state index contributed by atoms with van der Waals surface area (Å²) >= 11 is 1.28. The first-order valence-electron chi connectivity index (χ1n) is 7.21. The number of carboxylic acids is 1. The highest BCUT2D eigenvalue weighted by atomic mass is 32.1. The second-order valence-electron chi connectivity index (χ2n) is 5.22. The second kappa shape index (κ2) is 7.00. The molecule has 1 aliphatic heterocycles. The molecule has 0 saturated carbocycles. The zero-order valence-corrected chi connectivity index (χ0v) is 13.3. The van der Waals surface area contributed by atoms with Gasteiger partial charge in [0.05, 0.1) is 12.2 Å². The smallest absolute Gasteiger partial charge is 0.347 e. The van der Waals surface area contributed by atoms with Gasteiger partial charge in [0.1, 0.15) is 9.88 Å². The molecule has 1 aromatic rings. The molecule has 0 unspecified atom stereocenters. The van der Waals surface area contributed by atoms with E-state index in [0.29, 0.717) is 23.5 Å². The van der Waals surface area contributed by atoms with Crippen molar-refractivity contribution in [3.63, 3.8) is 0 Å². The first-order valence-corrected chi connectivity index (χ1v) is 8.02. The van der Waals surface area contributed by atoms with Gasteiger partial charge in [0, 0.05) is 33.1 Å². The Balaban J connectivity index is 1.99. The molecule has 21 heavy (non-hydrogen) atoms. The molecular formula is C14H21N3O3S. The van der Waals surface area contributed by atoms with Gasteiger partial charge in [-0.05, 0) is 6.42 Å². The molecule has 0 radical (unpaired) electrons. The van der Waals surface area contributed by atoms with E-state index in [-0.39, 0.29) is 5.91 Å². The number of aromatic carboxylic acids is 1. The number of hydrogen-bond donors (Lipinski definition) is 1. The largest absolute Gasteiger partial charge is 0.477 e. The summed E-state index contributed by atoms with van der Waals surface area (Å²) in [5, 5.41) is 10.1. The van der Waals surface area contributed by atoms with Crippen molar-refractivity contribution < 1.29 is 14.7 Å². The minimum absolute atomic E-state index is 0.113. The standard InChI is InChI=1S/C14H21N3O3S/c1-3-4-11-13(14(19)20)21-12(15-11)9-16-5-7-17(8-6-16)10(2)18/h3-9H2,1-2H3,(H,19,20). The number of carbonyl (C=O) groups is 2. The summed E-state index contributed by atoms with van der Waals surface area (Å²) in [5.41, 5.74) is 0.701. The predicted molar refractivity (Wildman–Crippen MR) is 80.6 cm³/mol. The van der Waals surface area contributed by atoms with Crippen LogP contribution in [0.15, 0.2) is 0 Å². The first kappa shape index (κ1) is 15.9. The molecule has 1 aromatic heterocycles. The molecule has 1 N–H and O–H groups in total. The number of amides is 1. The maximum atomic E-state index is 11.3. The van der Waals surface area contributed by atoms with Crippen LogP contribution in [0.25, 0.3) is 0 Å². The Bertz CT molecular complexity index is 522. The average Bonchev–Trinajstić information content (AvgIpc) is 2.83. The molecule has 1 fully saturated rings. The van der Waals surface area contributed by atoms with E-state index in [1.165, 1.54) is 11.3 Å². The van der Waals surface area contributed by atoms with E-state index in [0.717, 1.165) is 37.6 Å². The summed E-state index contributed by atoms with van der Waals surface area (Å²) in [6.07, 6.45) is 1.59. The van der Waals surface area contributed by atoms with E-state index in [4.69, 9.17) is 0 Å². The van der Waals surface area contributed by atoms with Crippen molar-refractivity contribution in [3.8, 4) is 0 Å². The molecule has 6 nitrogen and oxygen atoms in total. The van der Waals surface area contributed by atoms with Gasteiger partial charge in [-0.15, -0.1) is 11.3 Å². The van der Waals surface area contributed by atoms with Gasteiger partial charge in [-0.3, -0.25) is 9.69 Å². The van der Waals surface area contributed by atoms with Gasteiger partial charge in [0.15, 0.2) is 0 Å². The lowest BCUT2D eigenvalue weighted by molar-refractivity contribution is -0.130. The van der Waals surface area contributed by atoms with E-state index in [9.17, 15) is 14.7 Å². The highest BCUT2D eigenvalue weighted by Gasteiger charge is 2.21. The summed E-state index contributed by atoms with van der Waals surface area (Å²) in [5.74, 6) is -0.772. The molecule has 1 aliphatic rings. The Kier molecular flexibility index (Phi) is 5.30. The zero-order valence-electron chi connectivity index (χ0n) is 12.5. The minimum atomic E-state index is -0.886. The fourth-order valence-corrected chi connectivity index (χ4v) is 3.45. The summed E-state index contributed by atoms with van der Waals surface area (Å²) < 4.78 is 0. The average molecular weight is 311 g/mol. The molecule has 0 atom stereocenters. The van der Waals surface area contributed by atoms with E-state index < -0.39 is 5.97 Å². The monoisotopic (exact) mass is 311 g/mol. The maximum Gasteiger partial charge on any atom is 0.347 e. The van der Waals surface area contributed by atoms with Crippen molar-refractivity contribution in [1.29, 1.82) is 0 Å². The predicted octanol–water partition coefficient (Wildman–Crippen LogP) is 1.46.